The van der Waals surface area contributed by atoms with Crippen LogP contribution in [0.5, 0.6) is 5.75 Å². The number of rotatable bonds is 5. The van der Waals surface area contributed by atoms with Crippen molar-refractivity contribution in [3.05, 3.63) is 41.4 Å². The number of carbonyl (C=O) groups is 1. The first-order valence-corrected chi connectivity index (χ1v) is 7.94. The zero-order valence-corrected chi connectivity index (χ0v) is 14.0. The molecule has 4 nitrogen and oxygen atoms in total. The molecule has 5 heteroatoms. The Hall–Kier alpha value is -1.52. The summed E-state index contributed by atoms with van der Waals surface area (Å²) in [7, 11) is 0. The van der Waals surface area contributed by atoms with Crippen LogP contribution in [0, 0.1) is 6.92 Å². The number of hydrogen-bond acceptors (Lipinski definition) is 3. The number of aryl methyl sites for hydroxylation is 1. The van der Waals surface area contributed by atoms with Crippen LogP contribution in [0.25, 0.3) is 0 Å². The summed E-state index contributed by atoms with van der Waals surface area (Å²) < 4.78 is 5.76. The Balaban J connectivity index is 1.89. The fraction of sp³-hybridized carbons (Fsp3) is 0.471. The summed E-state index contributed by atoms with van der Waals surface area (Å²) in [4.78, 5) is 16.6. The number of piperazine rings is 1. The average molecular weight is 323 g/mol. The second-order valence-corrected chi connectivity index (χ2v) is 5.99. The molecule has 1 atom stereocenters. The molecule has 1 unspecified atom stereocenters. The summed E-state index contributed by atoms with van der Waals surface area (Å²) in [6.45, 7) is 11.6. The lowest BCUT2D eigenvalue weighted by molar-refractivity contribution is -0.139. The van der Waals surface area contributed by atoms with Crippen molar-refractivity contribution in [2.75, 3.05) is 32.7 Å². The molecule has 0 saturated carbocycles. The summed E-state index contributed by atoms with van der Waals surface area (Å²) >= 11 is 6.00. The van der Waals surface area contributed by atoms with Crippen molar-refractivity contribution in [3.8, 4) is 5.75 Å². The van der Waals surface area contributed by atoms with E-state index in [9.17, 15) is 4.79 Å². The van der Waals surface area contributed by atoms with E-state index in [0.717, 1.165) is 38.3 Å². The molecule has 1 aliphatic rings. The van der Waals surface area contributed by atoms with E-state index in [4.69, 9.17) is 16.3 Å². The molecule has 1 aromatic rings. The highest BCUT2D eigenvalue weighted by molar-refractivity contribution is 6.31. The van der Waals surface area contributed by atoms with Gasteiger partial charge in [-0.2, -0.15) is 0 Å². The lowest BCUT2D eigenvalue weighted by Crippen LogP contribution is -2.51. The predicted octanol–water partition coefficient (Wildman–Crippen LogP) is 2.75. The van der Waals surface area contributed by atoms with Crippen molar-refractivity contribution >= 4 is 17.5 Å². The molecule has 1 aromatic carbocycles. The Bertz CT molecular complexity index is 539. The third-order valence-electron chi connectivity index (χ3n) is 3.86. The molecule has 1 amide bonds. The van der Waals surface area contributed by atoms with Gasteiger partial charge in [-0.05, 0) is 37.6 Å². The van der Waals surface area contributed by atoms with Gasteiger partial charge in [0.05, 0.1) is 0 Å². The SMILES string of the molecule is C=CCN1CCN(C(=O)C(C)Oc2ccc(Cl)c(C)c2)CC1. The van der Waals surface area contributed by atoms with E-state index in [2.05, 4.69) is 11.5 Å². The van der Waals surface area contributed by atoms with Gasteiger partial charge in [-0.1, -0.05) is 17.7 Å². The number of carbonyl (C=O) groups excluding carboxylic acids is 1. The van der Waals surface area contributed by atoms with Gasteiger partial charge in [0.2, 0.25) is 0 Å². The van der Waals surface area contributed by atoms with Crippen LogP contribution in [0.3, 0.4) is 0 Å². The normalized spacial score (nSPS) is 17.1. The quantitative estimate of drug-likeness (QED) is 0.781. The predicted molar refractivity (Wildman–Crippen MR) is 89.5 cm³/mol. The maximum atomic E-state index is 12.5. The maximum Gasteiger partial charge on any atom is 0.263 e. The molecule has 1 saturated heterocycles. The number of nitrogens with zero attached hydrogens (tertiary/aromatic N) is 2. The number of ether oxygens (including phenoxy) is 1. The Kier molecular flexibility index (Phi) is 5.86. The molecule has 1 heterocycles. The number of hydrogen-bond donors (Lipinski definition) is 0. The van der Waals surface area contributed by atoms with Gasteiger partial charge in [0.25, 0.3) is 5.91 Å². The van der Waals surface area contributed by atoms with Crippen LogP contribution in [0.2, 0.25) is 5.02 Å². The maximum absolute atomic E-state index is 12.5. The number of benzene rings is 1. The summed E-state index contributed by atoms with van der Waals surface area (Å²) in [5.41, 5.74) is 0.942. The monoisotopic (exact) mass is 322 g/mol. The van der Waals surface area contributed by atoms with Gasteiger partial charge in [-0.3, -0.25) is 9.69 Å². The van der Waals surface area contributed by atoms with Crippen molar-refractivity contribution in [1.82, 2.24) is 9.80 Å². The minimum Gasteiger partial charge on any atom is -0.481 e. The van der Waals surface area contributed by atoms with Crippen molar-refractivity contribution < 1.29 is 9.53 Å². The molecule has 0 bridgehead atoms. The van der Waals surface area contributed by atoms with Crippen molar-refractivity contribution in [2.45, 2.75) is 20.0 Å². The highest BCUT2D eigenvalue weighted by atomic mass is 35.5. The Morgan fingerprint density at radius 3 is 2.68 bits per heavy atom. The molecule has 1 fully saturated rings. The summed E-state index contributed by atoms with van der Waals surface area (Å²) in [5.74, 6) is 0.707. The highest BCUT2D eigenvalue weighted by Gasteiger charge is 2.25. The van der Waals surface area contributed by atoms with Gasteiger partial charge in [0.1, 0.15) is 5.75 Å². The van der Waals surface area contributed by atoms with Gasteiger partial charge in [-0.15, -0.1) is 6.58 Å². The molecular formula is C17H23ClN2O2. The van der Waals surface area contributed by atoms with Crippen LogP contribution < -0.4 is 4.74 Å². The third kappa shape index (κ3) is 4.24. The molecule has 0 aliphatic carbocycles. The Morgan fingerprint density at radius 1 is 1.41 bits per heavy atom. The van der Waals surface area contributed by atoms with E-state index in [-0.39, 0.29) is 5.91 Å². The topological polar surface area (TPSA) is 32.8 Å². The van der Waals surface area contributed by atoms with Gasteiger partial charge < -0.3 is 9.64 Å². The molecule has 0 N–H and O–H groups in total. The van der Waals surface area contributed by atoms with Gasteiger partial charge in [-0.25, -0.2) is 0 Å². The first-order valence-electron chi connectivity index (χ1n) is 7.56. The van der Waals surface area contributed by atoms with Gasteiger partial charge in [0, 0.05) is 37.7 Å². The van der Waals surface area contributed by atoms with Crippen LogP contribution in [-0.2, 0) is 4.79 Å². The average Bonchev–Trinajstić information content (AvgIpc) is 2.51. The molecule has 0 radical (unpaired) electrons. The van der Waals surface area contributed by atoms with Gasteiger partial charge in [0.15, 0.2) is 6.10 Å². The molecule has 22 heavy (non-hydrogen) atoms. The largest absolute Gasteiger partial charge is 0.481 e. The van der Waals surface area contributed by atoms with E-state index < -0.39 is 6.10 Å². The molecule has 120 valence electrons. The second kappa shape index (κ2) is 7.65. The summed E-state index contributed by atoms with van der Waals surface area (Å²) in [6.07, 6.45) is 1.40. The van der Waals surface area contributed by atoms with E-state index in [0.29, 0.717) is 10.8 Å². The van der Waals surface area contributed by atoms with Crippen LogP contribution in [0.15, 0.2) is 30.9 Å². The summed E-state index contributed by atoms with van der Waals surface area (Å²) in [5, 5.41) is 0.699. The molecule has 0 spiro atoms. The van der Waals surface area contributed by atoms with Crippen molar-refractivity contribution in [1.29, 1.82) is 0 Å². The van der Waals surface area contributed by atoms with Crippen LogP contribution in [0.4, 0.5) is 0 Å². The van der Waals surface area contributed by atoms with Crippen LogP contribution in [0.1, 0.15) is 12.5 Å². The van der Waals surface area contributed by atoms with Crippen molar-refractivity contribution in [2.24, 2.45) is 0 Å². The number of amides is 1. The second-order valence-electron chi connectivity index (χ2n) is 5.59. The van der Waals surface area contributed by atoms with Crippen LogP contribution >= 0.6 is 11.6 Å². The first-order chi connectivity index (χ1) is 10.5. The zero-order chi connectivity index (χ0) is 16.1. The first kappa shape index (κ1) is 16.8. The fourth-order valence-electron chi connectivity index (χ4n) is 2.54. The minimum absolute atomic E-state index is 0.0332. The van der Waals surface area contributed by atoms with E-state index >= 15 is 0 Å². The molecule has 0 aromatic heterocycles. The Morgan fingerprint density at radius 2 is 2.09 bits per heavy atom. The fourth-order valence-corrected chi connectivity index (χ4v) is 2.65. The molecular weight excluding hydrogens is 300 g/mol. The Labute approximate surface area is 137 Å². The van der Waals surface area contributed by atoms with E-state index in [1.54, 1.807) is 19.1 Å². The lowest BCUT2D eigenvalue weighted by Gasteiger charge is -2.35. The van der Waals surface area contributed by atoms with Gasteiger partial charge >= 0.3 is 0 Å². The summed E-state index contributed by atoms with van der Waals surface area (Å²) in [6, 6.07) is 5.44. The number of halogens is 1. The zero-order valence-electron chi connectivity index (χ0n) is 13.2. The molecule has 2 rings (SSSR count). The lowest BCUT2D eigenvalue weighted by atomic mass is 10.2. The standard InChI is InChI=1S/C17H23ClN2O2/c1-4-7-19-8-10-20(11-9-19)17(21)14(3)22-15-5-6-16(18)13(2)12-15/h4-6,12,14H,1,7-11H2,2-3H3. The van der Waals surface area contributed by atoms with E-state index in [1.807, 2.05) is 24.0 Å². The van der Waals surface area contributed by atoms with Crippen LogP contribution in [-0.4, -0.2) is 54.5 Å². The smallest absolute Gasteiger partial charge is 0.263 e. The minimum atomic E-state index is -0.494. The molecule has 1 aliphatic heterocycles. The van der Waals surface area contributed by atoms with E-state index in [1.165, 1.54) is 0 Å². The van der Waals surface area contributed by atoms with Crippen molar-refractivity contribution in [3.63, 3.8) is 0 Å². The third-order valence-corrected chi connectivity index (χ3v) is 4.29. The highest BCUT2D eigenvalue weighted by Crippen LogP contribution is 2.22.